The molecule has 0 aromatic carbocycles. The lowest BCUT2D eigenvalue weighted by Crippen LogP contribution is -2.52. The van der Waals surface area contributed by atoms with Crippen molar-refractivity contribution in [2.24, 2.45) is 5.73 Å². The summed E-state index contributed by atoms with van der Waals surface area (Å²) in [6.07, 6.45) is 3.06. The lowest BCUT2D eigenvalue weighted by atomic mass is 10.0. The molecule has 0 aromatic rings. The Morgan fingerprint density at radius 2 is 2.23 bits per heavy atom. The number of hydrogen-bond donors (Lipinski definition) is 1. The van der Waals surface area contributed by atoms with Crippen molar-refractivity contribution in [3.8, 4) is 0 Å². The highest BCUT2D eigenvalue weighted by Gasteiger charge is 2.27. The van der Waals surface area contributed by atoms with Gasteiger partial charge >= 0.3 is 0 Å². The molecule has 0 spiro atoms. The lowest BCUT2D eigenvalue weighted by molar-refractivity contribution is -0.135. The van der Waals surface area contributed by atoms with Crippen LogP contribution in [0.1, 0.15) is 27.2 Å². The molecule has 0 saturated heterocycles. The summed E-state index contributed by atoms with van der Waals surface area (Å²) in [5, 5.41) is 0. The molecular formula is C10H18N2O. The first-order chi connectivity index (χ1) is 5.91. The lowest BCUT2D eigenvalue weighted by Gasteiger charge is -2.31. The Labute approximate surface area is 79.6 Å². The molecule has 3 heteroatoms. The van der Waals surface area contributed by atoms with Crippen LogP contribution in [0.25, 0.3) is 0 Å². The van der Waals surface area contributed by atoms with Crippen LogP contribution in [-0.2, 0) is 4.79 Å². The van der Waals surface area contributed by atoms with Gasteiger partial charge < -0.3 is 10.6 Å². The third kappa shape index (κ3) is 2.56. The first-order valence-corrected chi connectivity index (χ1v) is 4.65. The standard InChI is InChI=1S/C10H18N2O/c1-8-4-6-12(7-5-8)9(13)10(2,3)11/h4H,5-7,11H2,1-3H3. The van der Waals surface area contributed by atoms with E-state index in [-0.39, 0.29) is 5.91 Å². The topological polar surface area (TPSA) is 46.3 Å². The number of nitrogens with zero attached hydrogens (tertiary/aromatic N) is 1. The monoisotopic (exact) mass is 182 g/mol. The number of amides is 1. The van der Waals surface area contributed by atoms with Crippen LogP contribution in [0, 0.1) is 0 Å². The van der Waals surface area contributed by atoms with Crippen LogP contribution < -0.4 is 5.73 Å². The molecule has 1 aliphatic heterocycles. The van der Waals surface area contributed by atoms with Gasteiger partial charge in [-0.2, -0.15) is 0 Å². The maximum absolute atomic E-state index is 11.7. The second-order valence-electron chi connectivity index (χ2n) is 4.27. The fourth-order valence-corrected chi connectivity index (χ4v) is 1.36. The van der Waals surface area contributed by atoms with Gasteiger partial charge in [0.15, 0.2) is 0 Å². The largest absolute Gasteiger partial charge is 0.337 e. The summed E-state index contributed by atoms with van der Waals surface area (Å²) >= 11 is 0. The molecule has 0 unspecified atom stereocenters. The molecular weight excluding hydrogens is 164 g/mol. The Morgan fingerprint density at radius 3 is 2.62 bits per heavy atom. The second kappa shape index (κ2) is 3.50. The molecule has 2 N–H and O–H groups in total. The van der Waals surface area contributed by atoms with E-state index in [1.54, 1.807) is 13.8 Å². The molecule has 0 radical (unpaired) electrons. The predicted molar refractivity (Wildman–Crippen MR) is 53.2 cm³/mol. The quantitative estimate of drug-likeness (QED) is 0.612. The molecule has 0 bridgehead atoms. The minimum atomic E-state index is -0.737. The smallest absolute Gasteiger partial charge is 0.242 e. The van der Waals surface area contributed by atoms with Gasteiger partial charge in [-0.3, -0.25) is 4.79 Å². The van der Waals surface area contributed by atoms with E-state index in [1.165, 1.54) is 5.57 Å². The first kappa shape index (κ1) is 10.3. The number of carbonyl (C=O) groups excluding carboxylic acids is 1. The third-order valence-corrected chi connectivity index (χ3v) is 2.27. The van der Waals surface area contributed by atoms with Gasteiger partial charge in [-0.1, -0.05) is 11.6 Å². The van der Waals surface area contributed by atoms with Crippen molar-refractivity contribution in [3.05, 3.63) is 11.6 Å². The second-order valence-corrected chi connectivity index (χ2v) is 4.27. The number of hydrogen-bond acceptors (Lipinski definition) is 2. The Morgan fingerprint density at radius 1 is 1.62 bits per heavy atom. The number of carbonyl (C=O) groups is 1. The van der Waals surface area contributed by atoms with E-state index in [9.17, 15) is 4.79 Å². The van der Waals surface area contributed by atoms with Gasteiger partial charge in [-0.15, -0.1) is 0 Å². The molecule has 74 valence electrons. The van der Waals surface area contributed by atoms with Crippen molar-refractivity contribution in [2.45, 2.75) is 32.7 Å². The number of rotatable bonds is 1. The van der Waals surface area contributed by atoms with E-state index < -0.39 is 5.54 Å². The molecule has 0 aliphatic carbocycles. The average Bonchev–Trinajstić information content (AvgIpc) is 2.03. The van der Waals surface area contributed by atoms with Gasteiger partial charge in [0.1, 0.15) is 0 Å². The molecule has 1 aliphatic rings. The van der Waals surface area contributed by atoms with Crippen molar-refractivity contribution >= 4 is 5.91 Å². The van der Waals surface area contributed by atoms with Gasteiger partial charge in [0.2, 0.25) is 5.91 Å². The van der Waals surface area contributed by atoms with E-state index in [1.807, 2.05) is 4.90 Å². The molecule has 0 fully saturated rings. The summed E-state index contributed by atoms with van der Waals surface area (Å²) in [5.41, 5.74) is 6.36. The van der Waals surface area contributed by atoms with E-state index in [0.717, 1.165) is 13.0 Å². The zero-order chi connectivity index (χ0) is 10.1. The van der Waals surface area contributed by atoms with Gasteiger partial charge in [0.05, 0.1) is 5.54 Å². The van der Waals surface area contributed by atoms with Crippen molar-refractivity contribution in [2.75, 3.05) is 13.1 Å². The molecule has 13 heavy (non-hydrogen) atoms. The van der Waals surface area contributed by atoms with E-state index in [4.69, 9.17) is 5.73 Å². The van der Waals surface area contributed by atoms with Crippen molar-refractivity contribution in [1.82, 2.24) is 4.90 Å². The SMILES string of the molecule is CC1=CCN(C(=O)C(C)(C)N)CC1. The minimum absolute atomic E-state index is 0.0382. The Balaban J connectivity index is 2.61. The molecule has 1 heterocycles. The fraction of sp³-hybridized carbons (Fsp3) is 0.700. The fourth-order valence-electron chi connectivity index (χ4n) is 1.36. The summed E-state index contributed by atoms with van der Waals surface area (Å²) in [6.45, 7) is 7.11. The van der Waals surface area contributed by atoms with Crippen LogP contribution in [0.3, 0.4) is 0 Å². The van der Waals surface area contributed by atoms with E-state index in [0.29, 0.717) is 6.54 Å². The Hall–Kier alpha value is -0.830. The van der Waals surface area contributed by atoms with Crippen molar-refractivity contribution in [3.63, 3.8) is 0 Å². The van der Waals surface area contributed by atoms with Crippen LogP contribution in [0.5, 0.6) is 0 Å². The first-order valence-electron chi connectivity index (χ1n) is 4.65. The average molecular weight is 182 g/mol. The zero-order valence-electron chi connectivity index (χ0n) is 8.63. The summed E-state index contributed by atoms with van der Waals surface area (Å²) < 4.78 is 0. The molecule has 0 aromatic heterocycles. The van der Waals surface area contributed by atoms with E-state index >= 15 is 0 Å². The van der Waals surface area contributed by atoms with Crippen molar-refractivity contribution in [1.29, 1.82) is 0 Å². The van der Waals surface area contributed by atoms with E-state index in [2.05, 4.69) is 13.0 Å². The number of nitrogens with two attached hydrogens (primary N) is 1. The Bertz CT molecular complexity index is 238. The summed E-state index contributed by atoms with van der Waals surface area (Å²) in [4.78, 5) is 13.5. The summed E-state index contributed by atoms with van der Waals surface area (Å²) in [5.74, 6) is 0.0382. The van der Waals surface area contributed by atoms with Crippen LogP contribution in [0.15, 0.2) is 11.6 Å². The van der Waals surface area contributed by atoms with Crippen LogP contribution in [0.4, 0.5) is 0 Å². The molecule has 3 nitrogen and oxygen atoms in total. The highest BCUT2D eigenvalue weighted by molar-refractivity contribution is 5.85. The van der Waals surface area contributed by atoms with Crippen LogP contribution in [0.2, 0.25) is 0 Å². The molecule has 0 saturated carbocycles. The van der Waals surface area contributed by atoms with Crippen LogP contribution in [-0.4, -0.2) is 29.4 Å². The highest BCUT2D eigenvalue weighted by Crippen LogP contribution is 2.13. The Kier molecular flexibility index (Phi) is 2.76. The maximum atomic E-state index is 11.7. The summed E-state index contributed by atoms with van der Waals surface area (Å²) in [6, 6.07) is 0. The molecule has 1 rings (SSSR count). The van der Waals surface area contributed by atoms with Gasteiger partial charge in [0.25, 0.3) is 0 Å². The third-order valence-electron chi connectivity index (χ3n) is 2.27. The predicted octanol–water partition coefficient (Wildman–Crippen LogP) is 0.902. The van der Waals surface area contributed by atoms with Gasteiger partial charge in [-0.05, 0) is 27.2 Å². The van der Waals surface area contributed by atoms with Crippen molar-refractivity contribution < 1.29 is 4.79 Å². The zero-order valence-corrected chi connectivity index (χ0v) is 8.63. The molecule has 1 amide bonds. The highest BCUT2D eigenvalue weighted by atomic mass is 16.2. The summed E-state index contributed by atoms with van der Waals surface area (Å²) in [7, 11) is 0. The van der Waals surface area contributed by atoms with Gasteiger partial charge in [-0.25, -0.2) is 0 Å². The van der Waals surface area contributed by atoms with Gasteiger partial charge in [0, 0.05) is 13.1 Å². The molecule has 0 atom stereocenters. The maximum Gasteiger partial charge on any atom is 0.242 e. The minimum Gasteiger partial charge on any atom is -0.337 e. The normalized spacial score (nSPS) is 18.5. The van der Waals surface area contributed by atoms with Crippen LogP contribution >= 0.6 is 0 Å².